The van der Waals surface area contributed by atoms with Crippen molar-refractivity contribution in [3.05, 3.63) is 102 Å². The van der Waals surface area contributed by atoms with Crippen molar-refractivity contribution in [3.8, 4) is 17.2 Å². The molecule has 0 atom stereocenters. The highest BCUT2D eigenvalue weighted by Crippen LogP contribution is 2.27. The number of nitrogens with zero attached hydrogens (tertiary/aromatic N) is 1. The van der Waals surface area contributed by atoms with Gasteiger partial charge >= 0.3 is 5.97 Å². The molecule has 0 bridgehead atoms. The van der Waals surface area contributed by atoms with Gasteiger partial charge in [0.2, 0.25) is 0 Å². The molecule has 0 aliphatic heterocycles. The van der Waals surface area contributed by atoms with Gasteiger partial charge in [-0.2, -0.15) is 5.10 Å². The van der Waals surface area contributed by atoms with E-state index in [4.69, 9.17) is 14.2 Å². The third-order valence-corrected chi connectivity index (χ3v) is 5.76. The number of hydrogen-bond donors (Lipinski definition) is 1. The molecule has 7 nitrogen and oxygen atoms in total. The first-order valence-electron chi connectivity index (χ1n) is 12.5. The zero-order chi connectivity index (χ0) is 26.7. The lowest BCUT2D eigenvalue weighted by Gasteiger charge is -2.11. The van der Waals surface area contributed by atoms with Crippen LogP contribution in [0.25, 0.3) is 10.8 Å². The van der Waals surface area contributed by atoms with Crippen LogP contribution in [0.2, 0.25) is 0 Å². The molecule has 194 valence electrons. The number of carbonyl (C=O) groups is 2. The molecule has 0 heterocycles. The number of benzene rings is 4. The number of rotatable bonds is 11. The van der Waals surface area contributed by atoms with E-state index in [-0.39, 0.29) is 6.61 Å². The summed E-state index contributed by atoms with van der Waals surface area (Å²) in [6, 6.07) is 25.5. The summed E-state index contributed by atoms with van der Waals surface area (Å²) in [5.41, 5.74) is 4.53. The summed E-state index contributed by atoms with van der Waals surface area (Å²) in [6.45, 7) is 4.52. The first-order chi connectivity index (χ1) is 18.5. The second-order valence-electron chi connectivity index (χ2n) is 8.71. The first-order valence-corrected chi connectivity index (χ1v) is 12.5. The Hall–Kier alpha value is -4.65. The predicted molar refractivity (Wildman–Crippen MR) is 148 cm³/mol. The predicted octanol–water partition coefficient (Wildman–Crippen LogP) is 6.08. The molecule has 0 aliphatic rings. The third kappa shape index (κ3) is 7.20. The normalized spacial score (nSPS) is 10.9. The van der Waals surface area contributed by atoms with Crippen LogP contribution in [-0.4, -0.2) is 31.3 Å². The van der Waals surface area contributed by atoms with Crippen LogP contribution in [-0.2, 0) is 4.79 Å². The van der Waals surface area contributed by atoms with E-state index in [1.807, 2.05) is 49.4 Å². The number of hydrogen-bond acceptors (Lipinski definition) is 6. The van der Waals surface area contributed by atoms with Crippen molar-refractivity contribution in [1.82, 2.24) is 5.43 Å². The van der Waals surface area contributed by atoms with E-state index in [2.05, 4.69) is 17.5 Å². The summed E-state index contributed by atoms with van der Waals surface area (Å²) in [7, 11) is 0. The number of nitrogens with one attached hydrogen (secondary N) is 1. The molecule has 0 saturated heterocycles. The van der Waals surface area contributed by atoms with Crippen LogP contribution in [0.4, 0.5) is 0 Å². The second-order valence-corrected chi connectivity index (χ2v) is 8.71. The molecule has 7 heteroatoms. The smallest absolute Gasteiger partial charge is 0.343 e. The Bertz CT molecular complexity index is 1410. The first kappa shape index (κ1) is 26.4. The number of amides is 1. The van der Waals surface area contributed by atoms with Gasteiger partial charge in [-0.3, -0.25) is 4.79 Å². The zero-order valence-corrected chi connectivity index (χ0v) is 21.5. The Morgan fingerprint density at radius 2 is 1.58 bits per heavy atom. The maximum atomic E-state index is 12.7. The van der Waals surface area contributed by atoms with Gasteiger partial charge in [-0.15, -0.1) is 0 Å². The maximum absolute atomic E-state index is 12.7. The minimum Gasteiger partial charge on any atom is -0.494 e. The highest BCUT2D eigenvalue weighted by atomic mass is 16.5. The molecule has 4 aromatic rings. The van der Waals surface area contributed by atoms with Crippen molar-refractivity contribution in [2.45, 2.75) is 26.7 Å². The van der Waals surface area contributed by atoms with Gasteiger partial charge in [0.25, 0.3) is 5.91 Å². The Labute approximate surface area is 222 Å². The van der Waals surface area contributed by atoms with Gasteiger partial charge in [-0.1, -0.05) is 61.4 Å². The van der Waals surface area contributed by atoms with Crippen molar-refractivity contribution in [2.24, 2.45) is 5.10 Å². The summed E-state index contributed by atoms with van der Waals surface area (Å²) >= 11 is 0. The summed E-state index contributed by atoms with van der Waals surface area (Å²) < 4.78 is 16.9. The highest BCUT2D eigenvalue weighted by Gasteiger charge is 2.13. The topological polar surface area (TPSA) is 86.2 Å². The van der Waals surface area contributed by atoms with Crippen LogP contribution in [0.1, 0.15) is 41.3 Å². The lowest BCUT2D eigenvalue weighted by Crippen LogP contribution is -2.24. The standard InChI is InChI=1S/C31H30N2O5/c1-3-4-19-36-25-14-16-26(17-15-25)37-21-30(34)33-32-20-28-27-8-6-5-7-23(27)13-18-29(28)38-31(35)24-11-9-22(2)10-12-24/h5-18,20H,3-4,19,21H2,1-2H3,(H,33,34)/b32-20+. The maximum Gasteiger partial charge on any atom is 0.343 e. The van der Waals surface area contributed by atoms with Crippen molar-refractivity contribution < 1.29 is 23.8 Å². The average Bonchev–Trinajstić information content (AvgIpc) is 2.94. The van der Waals surface area contributed by atoms with Crippen molar-refractivity contribution >= 4 is 28.9 Å². The van der Waals surface area contributed by atoms with Crippen molar-refractivity contribution in [1.29, 1.82) is 0 Å². The van der Waals surface area contributed by atoms with E-state index in [0.717, 1.165) is 34.9 Å². The van der Waals surface area contributed by atoms with E-state index in [9.17, 15) is 9.59 Å². The average molecular weight is 511 g/mol. The summed E-state index contributed by atoms with van der Waals surface area (Å²) in [5.74, 6) is 0.738. The molecular formula is C31H30N2O5. The molecule has 0 saturated carbocycles. The monoisotopic (exact) mass is 510 g/mol. The van der Waals surface area contributed by atoms with Gasteiger partial charge in [0.15, 0.2) is 6.61 Å². The third-order valence-electron chi connectivity index (χ3n) is 5.76. The largest absolute Gasteiger partial charge is 0.494 e. The molecule has 0 radical (unpaired) electrons. The molecular weight excluding hydrogens is 480 g/mol. The molecule has 0 aliphatic carbocycles. The fraction of sp³-hybridized carbons (Fsp3) is 0.194. The van der Waals surface area contributed by atoms with E-state index in [1.165, 1.54) is 6.21 Å². The lowest BCUT2D eigenvalue weighted by molar-refractivity contribution is -0.123. The molecule has 0 unspecified atom stereocenters. The Balaban J connectivity index is 1.40. The summed E-state index contributed by atoms with van der Waals surface area (Å²) in [4.78, 5) is 25.1. The number of hydrazone groups is 1. The number of unbranched alkanes of at least 4 members (excludes halogenated alkanes) is 1. The lowest BCUT2D eigenvalue weighted by atomic mass is 10.0. The molecule has 4 aromatic carbocycles. The summed E-state index contributed by atoms with van der Waals surface area (Å²) in [6.07, 6.45) is 3.54. The minimum atomic E-state index is -0.478. The van der Waals surface area contributed by atoms with Crippen LogP contribution in [0.3, 0.4) is 0 Å². The van der Waals surface area contributed by atoms with Gasteiger partial charge in [0, 0.05) is 5.56 Å². The SMILES string of the molecule is CCCCOc1ccc(OCC(=O)N/N=C/c2c(OC(=O)c3ccc(C)cc3)ccc3ccccc23)cc1. The molecule has 0 aromatic heterocycles. The van der Waals surface area contributed by atoms with E-state index >= 15 is 0 Å². The molecule has 0 spiro atoms. The van der Waals surface area contributed by atoms with Gasteiger partial charge < -0.3 is 14.2 Å². The van der Waals surface area contributed by atoms with Gasteiger partial charge in [0.1, 0.15) is 17.2 Å². The summed E-state index contributed by atoms with van der Waals surface area (Å²) in [5, 5.41) is 5.87. The number of fused-ring (bicyclic) bond motifs is 1. The van der Waals surface area contributed by atoms with E-state index in [1.54, 1.807) is 42.5 Å². The van der Waals surface area contributed by atoms with Crippen LogP contribution in [0.15, 0.2) is 90.0 Å². The van der Waals surface area contributed by atoms with Crippen LogP contribution >= 0.6 is 0 Å². The minimum absolute atomic E-state index is 0.210. The molecule has 1 amide bonds. The van der Waals surface area contributed by atoms with Gasteiger partial charge in [-0.05, 0) is 66.6 Å². The molecule has 4 rings (SSSR count). The second kappa shape index (κ2) is 13.1. The number of carbonyl (C=O) groups excluding carboxylic acids is 2. The van der Waals surface area contributed by atoms with Gasteiger partial charge in [-0.25, -0.2) is 10.2 Å². The van der Waals surface area contributed by atoms with Crippen LogP contribution in [0, 0.1) is 6.92 Å². The van der Waals surface area contributed by atoms with E-state index in [0.29, 0.717) is 29.2 Å². The van der Waals surface area contributed by atoms with Crippen LogP contribution < -0.4 is 19.6 Å². The van der Waals surface area contributed by atoms with E-state index < -0.39 is 11.9 Å². The Morgan fingerprint density at radius 1 is 0.868 bits per heavy atom. The Morgan fingerprint density at radius 3 is 2.32 bits per heavy atom. The molecule has 38 heavy (non-hydrogen) atoms. The molecule has 0 fully saturated rings. The number of aryl methyl sites for hydroxylation is 1. The number of ether oxygens (including phenoxy) is 3. The van der Waals surface area contributed by atoms with Crippen LogP contribution in [0.5, 0.6) is 17.2 Å². The fourth-order valence-electron chi connectivity index (χ4n) is 3.66. The van der Waals surface area contributed by atoms with Gasteiger partial charge in [0.05, 0.1) is 18.4 Å². The fourth-order valence-corrected chi connectivity index (χ4v) is 3.66. The van der Waals surface area contributed by atoms with Crippen molar-refractivity contribution in [2.75, 3.05) is 13.2 Å². The van der Waals surface area contributed by atoms with Crippen molar-refractivity contribution in [3.63, 3.8) is 0 Å². The molecule has 1 N–H and O–H groups in total. The number of esters is 1. The highest BCUT2D eigenvalue weighted by molar-refractivity contribution is 6.04. The Kier molecular flexibility index (Phi) is 9.07. The zero-order valence-electron chi connectivity index (χ0n) is 21.5. The quantitative estimate of drug-likeness (QED) is 0.0869.